The molecule has 0 aliphatic heterocycles. The first-order valence-electron chi connectivity index (χ1n) is 14.8. The monoisotopic (exact) mass is 648 g/mol. The van der Waals surface area contributed by atoms with Gasteiger partial charge in [-0.05, 0) is 66.9 Å². The normalized spacial score (nSPS) is 11.0. The van der Waals surface area contributed by atoms with Crippen molar-refractivity contribution in [3.8, 4) is 28.3 Å². The summed E-state index contributed by atoms with van der Waals surface area (Å²) in [6.07, 6.45) is 6.89. The van der Waals surface area contributed by atoms with Gasteiger partial charge in [-0.15, -0.1) is 0 Å². The van der Waals surface area contributed by atoms with Crippen molar-refractivity contribution in [3.05, 3.63) is 125 Å². The molecule has 0 radical (unpaired) electrons. The maximum absolute atomic E-state index is 13.8. The van der Waals surface area contributed by atoms with Crippen molar-refractivity contribution < 1.29 is 23.1 Å². The quantitative estimate of drug-likeness (QED) is 0.190. The molecule has 0 unspecified atom stereocenters. The molecule has 242 valence electrons. The molecule has 2 aromatic carbocycles. The zero-order chi connectivity index (χ0) is 33.9. The lowest BCUT2D eigenvalue weighted by molar-refractivity contribution is 0.101. The molecule has 6 aromatic rings. The first-order valence-corrected chi connectivity index (χ1v) is 14.8. The Bertz CT molecular complexity index is 2180. The highest BCUT2D eigenvalue weighted by molar-refractivity contribution is 6.05. The van der Waals surface area contributed by atoms with E-state index < -0.39 is 17.5 Å². The average Bonchev–Trinajstić information content (AvgIpc) is 3.70. The van der Waals surface area contributed by atoms with Crippen LogP contribution in [0.5, 0.6) is 5.75 Å². The minimum Gasteiger partial charge on any atom is -0.489 e. The Labute approximate surface area is 274 Å². The van der Waals surface area contributed by atoms with Gasteiger partial charge in [0, 0.05) is 61.1 Å². The fraction of sp³-hybridized carbons (Fsp3) is 0.143. The molecule has 4 aromatic heterocycles. The Balaban J connectivity index is 1.22. The predicted molar refractivity (Wildman–Crippen MR) is 175 cm³/mol. The third kappa shape index (κ3) is 6.94. The van der Waals surface area contributed by atoms with Crippen molar-refractivity contribution in [1.29, 1.82) is 0 Å². The second-order valence-electron chi connectivity index (χ2n) is 11.2. The van der Waals surface area contributed by atoms with Gasteiger partial charge in [0.25, 0.3) is 11.8 Å². The Morgan fingerprint density at radius 1 is 0.750 bits per heavy atom. The summed E-state index contributed by atoms with van der Waals surface area (Å²) in [5, 5.41) is 13.9. The largest absolute Gasteiger partial charge is 0.489 e. The van der Waals surface area contributed by atoms with Crippen LogP contribution in [0.4, 0.5) is 20.2 Å². The summed E-state index contributed by atoms with van der Waals surface area (Å²) in [7, 11) is 3.57. The first-order chi connectivity index (χ1) is 23.0. The molecule has 0 bridgehead atoms. The third-order valence-corrected chi connectivity index (χ3v) is 7.57. The van der Waals surface area contributed by atoms with E-state index in [1.165, 1.54) is 6.07 Å². The van der Waals surface area contributed by atoms with Gasteiger partial charge in [0.2, 0.25) is 0 Å². The van der Waals surface area contributed by atoms with Gasteiger partial charge in [-0.2, -0.15) is 10.2 Å². The summed E-state index contributed by atoms with van der Waals surface area (Å²) in [6, 6.07) is 15.5. The fourth-order valence-electron chi connectivity index (χ4n) is 4.99. The van der Waals surface area contributed by atoms with Crippen molar-refractivity contribution >= 4 is 23.2 Å². The molecule has 0 aliphatic rings. The topological polar surface area (TPSA) is 129 Å². The van der Waals surface area contributed by atoms with Crippen molar-refractivity contribution in [2.75, 3.05) is 10.6 Å². The highest BCUT2D eigenvalue weighted by Gasteiger charge is 2.19. The van der Waals surface area contributed by atoms with Crippen molar-refractivity contribution in [2.24, 2.45) is 14.1 Å². The molecule has 0 saturated carbocycles. The van der Waals surface area contributed by atoms with E-state index in [4.69, 9.17) is 4.74 Å². The van der Waals surface area contributed by atoms with E-state index in [0.29, 0.717) is 39.5 Å². The molecule has 11 nitrogen and oxygen atoms in total. The van der Waals surface area contributed by atoms with Gasteiger partial charge < -0.3 is 15.4 Å². The molecule has 0 atom stereocenters. The smallest absolute Gasteiger partial charge is 0.274 e. The SMILES string of the molecule is Cc1ccc(-c2cnn(C)c2)nc1C(=O)Nc1cccc(OCc2cc(-c3cnn(C)c3)nc(C(=O)Nc3ccc(F)c(F)c3)c2C)c1. The molecule has 0 fully saturated rings. The number of pyridine rings is 2. The van der Waals surface area contributed by atoms with Crippen molar-refractivity contribution in [3.63, 3.8) is 0 Å². The zero-order valence-electron chi connectivity index (χ0n) is 26.5. The number of carbonyl (C=O) groups is 2. The molecule has 2 amide bonds. The van der Waals surface area contributed by atoms with Crippen molar-refractivity contribution in [1.82, 2.24) is 29.5 Å². The Morgan fingerprint density at radius 3 is 2.06 bits per heavy atom. The van der Waals surface area contributed by atoms with E-state index in [1.54, 1.807) is 72.3 Å². The Hall–Kier alpha value is -6.24. The molecule has 0 aliphatic carbocycles. The summed E-state index contributed by atoms with van der Waals surface area (Å²) in [6.45, 7) is 3.60. The van der Waals surface area contributed by atoms with E-state index in [1.807, 2.05) is 32.3 Å². The van der Waals surface area contributed by atoms with Crippen LogP contribution >= 0.6 is 0 Å². The van der Waals surface area contributed by atoms with Crippen LogP contribution in [0.25, 0.3) is 22.5 Å². The minimum absolute atomic E-state index is 0.0539. The lowest BCUT2D eigenvalue weighted by Crippen LogP contribution is -2.17. The molecule has 4 heterocycles. The molecule has 0 spiro atoms. The minimum atomic E-state index is -1.08. The number of carbonyl (C=O) groups excluding carboxylic acids is 2. The number of anilines is 2. The molecule has 0 saturated heterocycles. The van der Waals surface area contributed by atoms with Crippen LogP contribution < -0.4 is 15.4 Å². The zero-order valence-corrected chi connectivity index (χ0v) is 26.5. The highest BCUT2D eigenvalue weighted by Crippen LogP contribution is 2.26. The summed E-state index contributed by atoms with van der Waals surface area (Å²) >= 11 is 0. The first kappa shape index (κ1) is 31.7. The number of nitrogens with zero attached hydrogens (tertiary/aromatic N) is 6. The predicted octanol–water partition coefficient (Wildman–Crippen LogP) is 6.26. The van der Waals surface area contributed by atoms with Gasteiger partial charge in [0.05, 0.1) is 23.8 Å². The third-order valence-electron chi connectivity index (χ3n) is 7.57. The number of amides is 2. The van der Waals surface area contributed by atoms with Crippen LogP contribution in [-0.2, 0) is 20.7 Å². The number of hydrogen-bond acceptors (Lipinski definition) is 7. The van der Waals surface area contributed by atoms with E-state index in [0.717, 1.165) is 23.3 Å². The van der Waals surface area contributed by atoms with E-state index in [2.05, 4.69) is 30.8 Å². The second kappa shape index (κ2) is 13.2. The van der Waals surface area contributed by atoms with Crippen LogP contribution in [0.2, 0.25) is 0 Å². The Morgan fingerprint density at radius 2 is 1.40 bits per heavy atom. The number of halogens is 2. The van der Waals surface area contributed by atoms with Crippen LogP contribution in [-0.4, -0.2) is 41.3 Å². The van der Waals surface area contributed by atoms with Crippen LogP contribution in [0, 0.1) is 25.5 Å². The summed E-state index contributed by atoms with van der Waals surface area (Å²) in [5.41, 5.74) is 5.42. The molecular formula is C35H30F2N8O3. The van der Waals surface area contributed by atoms with Crippen molar-refractivity contribution in [2.45, 2.75) is 20.5 Å². The summed E-state index contributed by atoms with van der Waals surface area (Å²) < 4.78 is 36.7. The number of rotatable bonds is 9. The molecule has 2 N–H and O–H groups in total. The van der Waals surface area contributed by atoms with Gasteiger partial charge in [0.1, 0.15) is 23.7 Å². The van der Waals surface area contributed by atoms with Crippen LogP contribution in [0.1, 0.15) is 37.7 Å². The van der Waals surface area contributed by atoms with Gasteiger partial charge in [0.15, 0.2) is 11.6 Å². The fourth-order valence-corrected chi connectivity index (χ4v) is 4.99. The van der Waals surface area contributed by atoms with E-state index in [-0.39, 0.29) is 29.6 Å². The average molecular weight is 649 g/mol. The van der Waals surface area contributed by atoms with Crippen LogP contribution in [0.15, 0.2) is 85.5 Å². The number of benzene rings is 2. The molecule has 6 rings (SSSR count). The van der Waals surface area contributed by atoms with Gasteiger partial charge in [-0.1, -0.05) is 12.1 Å². The highest BCUT2D eigenvalue weighted by atomic mass is 19.2. The lowest BCUT2D eigenvalue weighted by atomic mass is 10.0. The Kier molecular flexibility index (Phi) is 8.75. The van der Waals surface area contributed by atoms with Gasteiger partial charge >= 0.3 is 0 Å². The number of ether oxygens (including phenoxy) is 1. The standard InChI is InChI=1S/C35H30F2N8O3/c1-20-8-11-30(23-15-38-44(3)17-23)42-32(20)34(46)40-25-6-5-7-27(13-25)48-19-22-12-31(24-16-39-45(4)18-24)43-33(21(22)2)35(47)41-26-9-10-28(36)29(37)14-26/h5-18H,19H2,1-4H3,(H,40,46)(H,41,47). The number of hydrogen-bond donors (Lipinski definition) is 2. The molecule has 48 heavy (non-hydrogen) atoms. The summed E-state index contributed by atoms with van der Waals surface area (Å²) in [5.74, 6) is -2.62. The maximum Gasteiger partial charge on any atom is 0.274 e. The van der Waals surface area contributed by atoms with Gasteiger partial charge in [-0.3, -0.25) is 19.0 Å². The number of aryl methyl sites for hydroxylation is 3. The molecular weight excluding hydrogens is 618 g/mol. The van der Waals surface area contributed by atoms with Crippen LogP contribution in [0.3, 0.4) is 0 Å². The van der Waals surface area contributed by atoms with E-state index >= 15 is 0 Å². The lowest BCUT2D eigenvalue weighted by Gasteiger charge is -2.15. The summed E-state index contributed by atoms with van der Waals surface area (Å²) in [4.78, 5) is 35.8. The number of nitrogens with one attached hydrogen (secondary N) is 2. The number of aromatic nitrogens is 6. The second-order valence-corrected chi connectivity index (χ2v) is 11.2. The maximum atomic E-state index is 13.8. The molecule has 13 heteroatoms. The van der Waals surface area contributed by atoms with Gasteiger partial charge in [-0.25, -0.2) is 18.7 Å². The van der Waals surface area contributed by atoms with E-state index in [9.17, 15) is 18.4 Å².